The van der Waals surface area contributed by atoms with Crippen LogP contribution in [0, 0.1) is 11.3 Å². The van der Waals surface area contributed by atoms with Gasteiger partial charge in [-0.2, -0.15) is 0 Å². The van der Waals surface area contributed by atoms with E-state index in [1.165, 1.54) is 36.8 Å². The van der Waals surface area contributed by atoms with Crippen molar-refractivity contribution in [3.63, 3.8) is 0 Å². The topological polar surface area (TPSA) is 12.0 Å². The fourth-order valence-electron chi connectivity index (χ4n) is 3.55. The van der Waals surface area contributed by atoms with Crippen LogP contribution in [-0.4, -0.2) is 6.04 Å². The third kappa shape index (κ3) is 4.09. The Morgan fingerprint density at radius 3 is 2.20 bits per heavy atom. The lowest BCUT2D eigenvalue weighted by atomic mass is 9.69. The van der Waals surface area contributed by atoms with Crippen LogP contribution in [0.15, 0.2) is 24.3 Å². The summed E-state index contributed by atoms with van der Waals surface area (Å²) in [6.45, 7) is 10.4. The van der Waals surface area contributed by atoms with Crippen molar-refractivity contribution in [1.82, 2.24) is 5.32 Å². The average molecular weight is 273 g/mol. The Bertz CT molecular complexity index is 399. The van der Waals surface area contributed by atoms with Gasteiger partial charge in [-0.05, 0) is 41.7 Å². The maximum Gasteiger partial charge on any atom is 0.0208 e. The minimum absolute atomic E-state index is 0.421. The summed E-state index contributed by atoms with van der Waals surface area (Å²) in [6, 6.07) is 9.77. The predicted octanol–water partition coefficient (Wildman–Crippen LogP) is 4.94. The van der Waals surface area contributed by atoms with Crippen LogP contribution in [0.2, 0.25) is 0 Å². The number of rotatable bonds is 4. The van der Waals surface area contributed by atoms with Crippen LogP contribution in [0.25, 0.3) is 0 Å². The van der Waals surface area contributed by atoms with Crippen LogP contribution in [-0.2, 0) is 13.0 Å². The van der Waals surface area contributed by atoms with E-state index in [2.05, 4.69) is 57.3 Å². The molecule has 1 nitrogen and oxygen atoms in total. The summed E-state index contributed by atoms with van der Waals surface area (Å²) >= 11 is 0. The average Bonchev–Trinajstić information content (AvgIpc) is 2.45. The molecule has 1 aromatic carbocycles. The molecule has 0 aromatic heterocycles. The lowest BCUT2D eigenvalue weighted by Crippen LogP contribution is -2.43. The lowest BCUT2D eigenvalue weighted by Gasteiger charge is -2.41. The molecule has 1 fully saturated rings. The second kappa shape index (κ2) is 6.76. The van der Waals surface area contributed by atoms with Crippen molar-refractivity contribution >= 4 is 0 Å². The van der Waals surface area contributed by atoms with Gasteiger partial charge in [0, 0.05) is 12.6 Å². The number of hydrogen-bond acceptors (Lipinski definition) is 1. The second-order valence-electron chi connectivity index (χ2n) is 7.41. The van der Waals surface area contributed by atoms with Gasteiger partial charge in [-0.3, -0.25) is 0 Å². The van der Waals surface area contributed by atoms with E-state index in [0.29, 0.717) is 11.5 Å². The molecule has 0 saturated heterocycles. The molecule has 0 aliphatic heterocycles. The zero-order chi connectivity index (χ0) is 14.6. The van der Waals surface area contributed by atoms with E-state index in [0.717, 1.165) is 18.9 Å². The SMILES string of the molecule is CCc1ccc(CNC2CCCCC2C(C)(C)C)cc1. The molecule has 0 heterocycles. The first kappa shape index (κ1) is 15.6. The van der Waals surface area contributed by atoms with E-state index < -0.39 is 0 Å². The molecular formula is C19H31N. The summed E-state index contributed by atoms with van der Waals surface area (Å²) in [5.74, 6) is 0.811. The standard InChI is InChI=1S/C19H31N/c1-5-15-10-12-16(13-11-15)14-20-18-9-7-6-8-17(18)19(2,3)4/h10-13,17-18,20H,5-9,14H2,1-4H3. The highest BCUT2D eigenvalue weighted by atomic mass is 14.9. The monoisotopic (exact) mass is 273 g/mol. The maximum atomic E-state index is 3.83. The van der Waals surface area contributed by atoms with Crippen molar-refractivity contribution in [2.75, 3.05) is 0 Å². The fraction of sp³-hybridized carbons (Fsp3) is 0.684. The van der Waals surface area contributed by atoms with Crippen molar-refractivity contribution in [2.45, 2.75) is 72.4 Å². The Balaban J connectivity index is 1.93. The van der Waals surface area contributed by atoms with Gasteiger partial charge in [0.25, 0.3) is 0 Å². The quantitative estimate of drug-likeness (QED) is 0.819. The molecule has 0 spiro atoms. The first-order valence-corrected chi connectivity index (χ1v) is 8.32. The molecule has 0 radical (unpaired) electrons. The first-order valence-electron chi connectivity index (χ1n) is 8.32. The molecule has 2 unspecified atom stereocenters. The minimum atomic E-state index is 0.421. The Labute approximate surface area is 125 Å². The van der Waals surface area contributed by atoms with Crippen molar-refractivity contribution in [3.8, 4) is 0 Å². The Kier molecular flexibility index (Phi) is 5.26. The van der Waals surface area contributed by atoms with Crippen LogP contribution in [0.1, 0.15) is 64.5 Å². The zero-order valence-electron chi connectivity index (χ0n) is 13.7. The summed E-state index contributed by atoms with van der Waals surface area (Å²) in [7, 11) is 0. The van der Waals surface area contributed by atoms with Crippen molar-refractivity contribution < 1.29 is 0 Å². The van der Waals surface area contributed by atoms with Gasteiger partial charge < -0.3 is 5.32 Å². The van der Waals surface area contributed by atoms with E-state index in [1.807, 2.05) is 0 Å². The van der Waals surface area contributed by atoms with E-state index in [-0.39, 0.29) is 0 Å². The summed E-state index contributed by atoms with van der Waals surface area (Å²) in [5, 5.41) is 3.83. The Morgan fingerprint density at radius 1 is 1.00 bits per heavy atom. The number of benzene rings is 1. The Morgan fingerprint density at radius 2 is 1.60 bits per heavy atom. The van der Waals surface area contributed by atoms with Crippen LogP contribution < -0.4 is 5.32 Å². The molecule has 1 aromatic rings. The molecule has 1 aliphatic rings. The summed E-state index contributed by atoms with van der Waals surface area (Å²) in [5.41, 5.74) is 3.27. The van der Waals surface area contributed by atoms with Gasteiger partial charge in [-0.25, -0.2) is 0 Å². The van der Waals surface area contributed by atoms with Gasteiger partial charge in [0.2, 0.25) is 0 Å². The highest BCUT2D eigenvalue weighted by molar-refractivity contribution is 5.22. The molecule has 1 aliphatic carbocycles. The van der Waals surface area contributed by atoms with E-state index in [9.17, 15) is 0 Å². The van der Waals surface area contributed by atoms with Crippen molar-refractivity contribution in [3.05, 3.63) is 35.4 Å². The van der Waals surface area contributed by atoms with E-state index >= 15 is 0 Å². The molecule has 2 atom stereocenters. The van der Waals surface area contributed by atoms with Crippen LogP contribution in [0.3, 0.4) is 0 Å². The van der Waals surface area contributed by atoms with Crippen molar-refractivity contribution in [1.29, 1.82) is 0 Å². The lowest BCUT2D eigenvalue weighted by molar-refractivity contribution is 0.130. The molecular weight excluding hydrogens is 242 g/mol. The van der Waals surface area contributed by atoms with E-state index in [4.69, 9.17) is 0 Å². The third-order valence-corrected chi connectivity index (χ3v) is 4.88. The number of nitrogens with one attached hydrogen (secondary N) is 1. The van der Waals surface area contributed by atoms with Gasteiger partial charge in [-0.15, -0.1) is 0 Å². The maximum absolute atomic E-state index is 3.83. The van der Waals surface area contributed by atoms with Gasteiger partial charge in [0.1, 0.15) is 0 Å². The van der Waals surface area contributed by atoms with E-state index in [1.54, 1.807) is 0 Å². The fourth-order valence-corrected chi connectivity index (χ4v) is 3.55. The number of aryl methyl sites for hydroxylation is 1. The molecule has 2 rings (SSSR count). The zero-order valence-corrected chi connectivity index (χ0v) is 13.7. The van der Waals surface area contributed by atoms with Gasteiger partial charge in [0.15, 0.2) is 0 Å². The van der Waals surface area contributed by atoms with Crippen LogP contribution in [0.4, 0.5) is 0 Å². The van der Waals surface area contributed by atoms with Crippen LogP contribution >= 0.6 is 0 Å². The number of hydrogen-bond donors (Lipinski definition) is 1. The smallest absolute Gasteiger partial charge is 0.0208 e. The summed E-state index contributed by atoms with van der Waals surface area (Å²) < 4.78 is 0. The molecule has 0 amide bonds. The summed E-state index contributed by atoms with van der Waals surface area (Å²) in [6.07, 6.45) is 6.65. The van der Waals surface area contributed by atoms with Gasteiger partial charge >= 0.3 is 0 Å². The molecule has 112 valence electrons. The molecule has 1 saturated carbocycles. The second-order valence-corrected chi connectivity index (χ2v) is 7.41. The minimum Gasteiger partial charge on any atom is -0.310 e. The predicted molar refractivity (Wildman–Crippen MR) is 87.9 cm³/mol. The molecule has 1 heteroatoms. The normalized spacial score (nSPS) is 23.8. The third-order valence-electron chi connectivity index (χ3n) is 4.88. The molecule has 1 N–H and O–H groups in total. The van der Waals surface area contributed by atoms with Gasteiger partial charge in [0.05, 0.1) is 0 Å². The van der Waals surface area contributed by atoms with Crippen molar-refractivity contribution in [2.24, 2.45) is 11.3 Å². The summed E-state index contributed by atoms with van der Waals surface area (Å²) in [4.78, 5) is 0. The first-order chi connectivity index (χ1) is 9.50. The Hall–Kier alpha value is -0.820. The molecule has 20 heavy (non-hydrogen) atoms. The van der Waals surface area contributed by atoms with Gasteiger partial charge in [-0.1, -0.05) is 64.8 Å². The largest absolute Gasteiger partial charge is 0.310 e. The van der Waals surface area contributed by atoms with Crippen LogP contribution in [0.5, 0.6) is 0 Å². The highest BCUT2D eigenvalue weighted by Crippen LogP contribution is 2.38. The molecule has 0 bridgehead atoms. The highest BCUT2D eigenvalue weighted by Gasteiger charge is 2.33.